The molecule has 0 aliphatic rings. The summed E-state index contributed by atoms with van der Waals surface area (Å²) < 4.78 is 5.66. The van der Waals surface area contributed by atoms with E-state index >= 15 is 0 Å². The number of hydrogen-bond donors (Lipinski definition) is 1. The van der Waals surface area contributed by atoms with Crippen molar-refractivity contribution in [2.75, 3.05) is 27.0 Å². The number of rotatable bonds is 8. The highest BCUT2D eigenvalue weighted by atomic mass is 32.2. The van der Waals surface area contributed by atoms with E-state index in [4.69, 9.17) is 4.74 Å². The zero-order valence-corrected chi connectivity index (χ0v) is 15.3. The molecule has 0 spiro atoms. The van der Waals surface area contributed by atoms with E-state index in [9.17, 15) is 9.59 Å². The van der Waals surface area contributed by atoms with Crippen molar-refractivity contribution >= 4 is 23.6 Å². The zero-order chi connectivity index (χ0) is 17.4. The summed E-state index contributed by atoms with van der Waals surface area (Å²) in [6.07, 6.45) is 2.66. The van der Waals surface area contributed by atoms with Gasteiger partial charge in [-0.15, -0.1) is 0 Å². The Morgan fingerprint density at radius 3 is 2.52 bits per heavy atom. The third-order valence-electron chi connectivity index (χ3n) is 3.59. The number of amides is 2. The average molecular weight is 338 g/mol. The molecule has 1 aromatic rings. The van der Waals surface area contributed by atoms with Crippen molar-refractivity contribution in [1.82, 2.24) is 10.2 Å². The van der Waals surface area contributed by atoms with E-state index in [1.165, 1.54) is 16.7 Å². The SMILES string of the molecule is CC[C@@H](NC(=O)[C@@H](C)SC)c1ccccc1OCC(=O)N(C)C. The average Bonchev–Trinajstić information content (AvgIpc) is 2.56. The number of carbonyl (C=O) groups is 2. The molecule has 0 fully saturated rings. The van der Waals surface area contributed by atoms with Crippen molar-refractivity contribution in [2.24, 2.45) is 0 Å². The molecule has 5 nitrogen and oxygen atoms in total. The van der Waals surface area contributed by atoms with Gasteiger partial charge in [-0.05, 0) is 25.7 Å². The Labute approximate surface area is 142 Å². The maximum atomic E-state index is 12.1. The number of para-hydroxylation sites is 1. The molecule has 23 heavy (non-hydrogen) atoms. The number of nitrogens with one attached hydrogen (secondary N) is 1. The first-order valence-electron chi connectivity index (χ1n) is 7.65. The van der Waals surface area contributed by atoms with Gasteiger partial charge in [0.25, 0.3) is 5.91 Å². The van der Waals surface area contributed by atoms with Crippen LogP contribution in [-0.4, -0.2) is 48.9 Å². The van der Waals surface area contributed by atoms with Crippen LogP contribution in [0.1, 0.15) is 31.9 Å². The highest BCUT2D eigenvalue weighted by Gasteiger charge is 2.20. The molecule has 6 heteroatoms. The van der Waals surface area contributed by atoms with Crippen molar-refractivity contribution in [2.45, 2.75) is 31.6 Å². The summed E-state index contributed by atoms with van der Waals surface area (Å²) in [5.41, 5.74) is 0.892. The first kappa shape index (κ1) is 19.4. The first-order chi connectivity index (χ1) is 10.9. The lowest BCUT2D eigenvalue weighted by Crippen LogP contribution is -2.34. The second kappa shape index (κ2) is 9.45. The molecule has 128 valence electrons. The van der Waals surface area contributed by atoms with E-state index in [0.29, 0.717) is 5.75 Å². The second-order valence-electron chi connectivity index (χ2n) is 5.46. The number of thioether (sulfide) groups is 1. The van der Waals surface area contributed by atoms with Gasteiger partial charge in [0.05, 0.1) is 11.3 Å². The maximum absolute atomic E-state index is 12.1. The summed E-state index contributed by atoms with van der Waals surface area (Å²) in [5.74, 6) is 0.531. The standard InChI is InChI=1S/C17H26N2O3S/c1-6-14(18-17(21)12(2)23-5)13-9-7-8-10-15(13)22-11-16(20)19(3)4/h7-10,12,14H,6,11H2,1-5H3,(H,18,21)/t12-,14-/m1/s1. The highest BCUT2D eigenvalue weighted by Crippen LogP contribution is 2.27. The van der Waals surface area contributed by atoms with Gasteiger partial charge in [-0.25, -0.2) is 0 Å². The lowest BCUT2D eigenvalue weighted by atomic mass is 10.0. The van der Waals surface area contributed by atoms with Gasteiger partial charge in [0, 0.05) is 19.7 Å². The Kier molecular flexibility index (Phi) is 7.95. The molecule has 1 aromatic carbocycles. The van der Waals surface area contributed by atoms with E-state index in [0.717, 1.165) is 12.0 Å². The minimum atomic E-state index is -0.136. The van der Waals surface area contributed by atoms with Crippen molar-refractivity contribution in [1.29, 1.82) is 0 Å². The fourth-order valence-corrected chi connectivity index (χ4v) is 2.25. The van der Waals surface area contributed by atoms with Crippen LogP contribution in [0.25, 0.3) is 0 Å². The summed E-state index contributed by atoms with van der Waals surface area (Å²) in [4.78, 5) is 25.3. The van der Waals surface area contributed by atoms with Crippen LogP contribution in [0, 0.1) is 0 Å². The van der Waals surface area contributed by atoms with Gasteiger partial charge >= 0.3 is 0 Å². The van der Waals surface area contributed by atoms with Crippen LogP contribution in [-0.2, 0) is 9.59 Å². The summed E-state index contributed by atoms with van der Waals surface area (Å²) in [5, 5.41) is 2.95. The second-order valence-corrected chi connectivity index (χ2v) is 6.64. The van der Waals surface area contributed by atoms with Crippen LogP contribution < -0.4 is 10.1 Å². The molecule has 2 amide bonds. The molecule has 0 radical (unpaired) electrons. The Hall–Kier alpha value is -1.69. The van der Waals surface area contributed by atoms with Gasteiger partial charge in [0.1, 0.15) is 5.75 Å². The number of hydrogen-bond acceptors (Lipinski definition) is 4. The number of likely N-dealkylation sites (N-methyl/N-ethyl adjacent to an activating group) is 1. The van der Waals surface area contributed by atoms with Gasteiger partial charge in [0.2, 0.25) is 5.91 Å². The maximum Gasteiger partial charge on any atom is 0.259 e. The molecule has 0 bridgehead atoms. The summed E-state index contributed by atoms with van der Waals surface area (Å²) in [6.45, 7) is 3.87. The molecule has 0 saturated heterocycles. The molecule has 0 aliphatic heterocycles. The monoisotopic (exact) mass is 338 g/mol. The van der Waals surface area contributed by atoms with Crippen LogP contribution in [0.4, 0.5) is 0 Å². The molecule has 0 saturated carbocycles. The van der Waals surface area contributed by atoms with E-state index in [-0.39, 0.29) is 29.7 Å². The molecular formula is C17H26N2O3S. The van der Waals surface area contributed by atoms with Gasteiger partial charge in [-0.1, -0.05) is 25.1 Å². The summed E-state index contributed by atoms with van der Waals surface area (Å²) in [7, 11) is 3.38. The van der Waals surface area contributed by atoms with Crippen LogP contribution in [0.15, 0.2) is 24.3 Å². The van der Waals surface area contributed by atoms with E-state index in [1.54, 1.807) is 14.1 Å². The van der Waals surface area contributed by atoms with Gasteiger partial charge < -0.3 is 15.0 Å². The molecule has 0 aliphatic carbocycles. The topological polar surface area (TPSA) is 58.6 Å². The molecule has 0 unspecified atom stereocenters. The number of nitrogens with zero attached hydrogens (tertiary/aromatic N) is 1. The number of ether oxygens (including phenoxy) is 1. The smallest absolute Gasteiger partial charge is 0.259 e. The largest absolute Gasteiger partial charge is 0.483 e. The molecule has 1 N–H and O–H groups in total. The Balaban J connectivity index is 2.88. The first-order valence-corrected chi connectivity index (χ1v) is 8.94. The molecule has 1 rings (SSSR count). The summed E-state index contributed by atoms with van der Waals surface area (Å²) in [6, 6.07) is 7.38. The third-order valence-corrected chi connectivity index (χ3v) is 4.51. The molecule has 2 atom stereocenters. The Bertz CT molecular complexity index is 534. The Morgan fingerprint density at radius 1 is 1.30 bits per heavy atom. The Morgan fingerprint density at radius 2 is 1.96 bits per heavy atom. The lowest BCUT2D eigenvalue weighted by Gasteiger charge is -2.22. The predicted octanol–water partition coefficient (Wildman–Crippen LogP) is 2.47. The van der Waals surface area contributed by atoms with Crippen LogP contribution in [0.2, 0.25) is 0 Å². The third kappa shape index (κ3) is 5.78. The van der Waals surface area contributed by atoms with Crippen molar-refractivity contribution in [3.05, 3.63) is 29.8 Å². The van der Waals surface area contributed by atoms with Gasteiger partial charge in [-0.3, -0.25) is 9.59 Å². The predicted molar refractivity (Wildman–Crippen MR) is 94.8 cm³/mol. The minimum Gasteiger partial charge on any atom is -0.483 e. The lowest BCUT2D eigenvalue weighted by molar-refractivity contribution is -0.130. The summed E-state index contributed by atoms with van der Waals surface area (Å²) >= 11 is 1.51. The van der Waals surface area contributed by atoms with Crippen molar-refractivity contribution in [3.8, 4) is 5.75 Å². The van der Waals surface area contributed by atoms with E-state index < -0.39 is 0 Å². The highest BCUT2D eigenvalue weighted by molar-refractivity contribution is 7.99. The van der Waals surface area contributed by atoms with Crippen LogP contribution in [0.3, 0.4) is 0 Å². The van der Waals surface area contributed by atoms with Gasteiger partial charge in [-0.2, -0.15) is 11.8 Å². The van der Waals surface area contributed by atoms with Gasteiger partial charge in [0.15, 0.2) is 6.61 Å². The van der Waals surface area contributed by atoms with Crippen LogP contribution >= 0.6 is 11.8 Å². The fraction of sp³-hybridized carbons (Fsp3) is 0.529. The fourth-order valence-electron chi connectivity index (χ4n) is 1.96. The van der Waals surface area contributed by atoms with E-state index in [1.807, 2.05) is 44.4 Å². The van der Waals surface area contributed by atoms with Crippen molar-refractivity contribution in [3.63, 3.8) is 0 Å². The van der Waals surface area contributed by atoms with E-state index in [2.05, 4.69) is 5.32 Å². The minimum absolute atomic E-state index is 0.00326. The number of carbonyl (C=O) groups excluding carboxylic acids is 2. The molecule has 0 aromatic heterocycles. The van der Waals surface area contributed by atoms with Crippen molar-refractivity contribution < 1.29 is 14.3 Å². The quantitative estimate of drug-likeness (QED) is 0.791. The molecular weight excluding hydrogens is 312 g/mol. The number of benzene rings is 1. The van der Waals surface area contributed by atoms with Crippen LogP contribution in [0.5, 0.6) is 5.75 Å². The molecule has 0 heterocycles. The zero-order valence-electron chi connectivity index (χ0n) is 14.5. The normalized spacial score (nSPS) is 13.1.